The van der Waals surface area contributed by atoms with E-state index in [-0.39, 0.29) is 12.5 Å². The lowest BCUT2D eigenvalue weighted by atomic mass is 9.83. The first kappa shape index (κ1) is 18.6. The second-order valence-corrected chi connectivity index (χ2v) is 6.99. The smallest absolute Gasteiger partial charge is 0.220 e. The van der Waals surface area contributed by atoms with E-state index < -0.39 is 12.0 Å². The monoisotopic (exact) mass is 327 g/mol. The number of nitrogens with zero attached hydrogens (tertiary/aromatic N) is 1. The van der Waals surface area contributed by atoms with Crippen LogP contribution in [0.2, 0.25) is 0 Å². The van der Waals surface area contributed by atoms with Gasteiger partial charge in [-0.15, -0.1) is 0 Å². The lowest BCUT2D eigenvalue weighted by molar-refractivity contribution is -0.120. The van der Waals surface area contributed by atoms with Crippen LogP contribution in [0.4, 0.5) is 0 Å². The summed E-state index contributed by atoms with van der Waals surface area (Å²) in [5.41, 5.74) is 5.26. The fourth-order valence-corrected chi connectivity index (χ4v) is 3.74. The number of amides is 1. The van der Waals surface area contributed by atoms with Crippen LogP contribution in [0.15, 0.2) is 0 Å². The summed E-state index contributed by atoms with van der Waals surface area (Å²) in [6, 6.07) is -0.0355. The highest BCUT2D eigenvalue weighted by Crippen LogP contribution is 2.28. The molecule has 6 nitrogen and oxygen atoms in total. The van der Waals surface area contributed by atoms with Crippen molar-refractivity contribution in [1.29, 1.82) is 0 Å². The summed E-state index contributed by atoms with van der Waals surface area (Å²) >= 11 is 0. The number of nitrogens with one attached hydrogen (secondary N) is 1. The molecule has 2 unspecified atom stereocenters. The minimum Gasteiger partial charge on any atom is -0.391 e. The molecule has 2 atom stereocenters. The third-order valence-electron chi connectivity index (χ3n) is 5.13. The Bertz CT molecular complexity index is 342. The molecule has 4 N–H and O–H groups in total. The Morgan fingerprint density at radius 3 is 2.61 bits per heavy atom. The van der Waals surface area contributed by atoms with Crippen LogP contribution in [0, 0.1) is 5.92 Å². The fraction of sp³-hybridized carbons (Fsp3) is 0.941. The van der Waals surface area contributed by atoms with Crippen LogP contribution in [0.3, 0.4) is 0 Å². The molecule has 1 heterocycles. The maximum absolute atomic E-state index is 11.1. The number of ether oxygens (including phenoxy) is 1. The van der Waals surface area contributed by atoms with E-state index in [1.165, 1.54) is 32.1 Å². The number of rotatable bonds is 9. The van der Waals surface area contributed by atoms with Gasteiger partial charge in [0.1, 0.15) is 0 Å². The number of hydrogen-bond acceptors (Lipinski definition) is 5. The van der Waals surface area contributed by atoms with Crippen molar-refractivity contribution in [3.63, 3.8) is 0 Å². The zero-order valence-corrected chi connectivity index (χ0v) is 14.2. The molecule has 1 aliphatic heterocycles. The van der Waals surface area contributed by atoms with Crippen molar-refractivity contribution in [2.75, 3.05) is 39.4 Å². The van der Waals surface area contributed by atoms with E-state index in [2.05, 4.69) is 10.2 Å². The van der Waals surface area contributed by atoms with Gasteiger partial charge in [0.15, 0.2) is 0 Å². The molecule has 0 aromatic rings. The summed E-state index contributed by atoms with van der Waals surface area (Å²) in [5.74, 6) is 0.230. The SMILES string of the molecule is NC(=O)CC(O)C(CC1CCCCC1)NCCN1CCOCC1. The van der Waals surface area contributed by atoms with E-state index in [0.29, 0.717) is 5.92 Å². The number of primary amides is 1. The molecule has 0 aromatic carbocycles. The lowest BCUT2D eigenvalue weighted by Crippen LogP contribution is -2.47. The highest BCUT2D eigenvalue weighted by molar-refractivity contribution is 5.74. The molecule has 0 bridgehead atoms. The van der Waals surface area contributed by atoms with Gasteiger partial charge in [0.25, 0.3) is 0 Å². The molecule has 1 amide bonds. The number of carbonyl (C=O) groups is 1. The second kappa shape index (κ2) is 10.2. The molecule has 0 spiro atoms. The standard InChI is InChI=1S/C17H33N3O3/c18-17(22)13-16(21)15(12-14-4-2-1-3-5-14)19-6-7-20-8-10-23-11-9-20/h14-16,19,21H,1-13H2,(H2,18,22). The summed E-state index contributed by atoms with van der Waals surface area (Å²) in [5, 5.41) is 13.8. The van der Waals surface area contributed by atoms with Crippen LogP contribution >= 0.6 is 0 Å². The van der Waals surface area contributed by atoms with Crippen LogP contribution in [0.5, 0.6) is 0 Å². The molecule has 6 heteroatoms. The first-order valence-corrected chi connectivity index (χ1v) is 9.15. The van der Waals surface area contributed by atoms with Gasteiger partial charge < -0.3 is 20.9 Å². The Morgan fingerprint density at radius 1 is 1.26 bits per heavy atom. The molecule has 1 aliphatic carbocycles. The van der Waals surface area contributed by atoms with E-state index in [1.54, 1.807) is 0 Å². The quantitative estimate of drug-likeness (QED) is 0.573. The highest BCUT2D eigenvalue weighted by Gasteiger charge is 2.25. The van der Waals surface area contributed by atoms with Crippen LogP contribution in [0.1, 0.15) is 44.9 Å². The molecule has 1 saturated heterocycles. The average molecular weight is 327 g/mol. The number of carbonyl (C=O) groups excluding carboxylic acids is 1. The molecule has 2 fully saturated rings. The summed E-state index contributed by atoms with van der Waals surface area (Å²) in [6.07, 6.45) is 6.69. The Kier molecular flexibility index (Phi) is 8.30. The summed E-state index contributed by atoms with van der Waals surface area (Å²) in [4.78, 5) is 13.5. The first-order valence-electron chi connectivity index (χ1n) is 9.15. The Labute approximate surface area is 139 Å². The lowest BCUT2D eigenvalue weighted by Gasteiger charge is -2.31. The van der Waals surface area contributed by atoms with Crippen LogP contribution in [0.25, 0.3) is 0 Å². The third kappa shape index (κ3) is 7.16. The zero-order chi connectivity index (χ0) is 16.5. The summed E-state index contributed by atoms with van der Waals surface area (Å²) in [7, 11) is 0. The zero-order valence-electron chi connectivity index (χ0n) is 14.2. The molecule has 134 valence electrons. The van der Waals surface area contributed by atoms with Gasteiger partial charge >= 0.3 is 0 Å². The molecule has 1 saturated carbocycles. The fourth-order valence-electron chi connectivity index (χ4n) is 3.74. The van der Waals surface area contributed by atoms with E-state index >= 15 is 0 Å². The van der Waals surface area contributed by atoms with Crippen molar-refractivity contribution in [3.8, 4) is 0 Å². The Morgan fingerprint density at radius 2 is 1.96 bits per heavy atom. The maximum Gasteiger partial charge on any atom is 0.220 e. The largest absolute Gasteiger partial charge is 0.391 e. The van der Waals surface area contributed by atoms with E-state index in [0.717, 1.165) is 45.8 Å². The van der Waals surface area contributed by atoms with Crippen LogP contribution in [-0.2, 0) is 9.53 Å². The minimum atomic E-state index is -0.681. The van der Waals surface area contributed by atoms with E-state index in [1.807, 2.05) is 0 Å². The second-order valence-electron chi connectivity index (χ2n) is 6.99. The van der Waals surface area contributed by atoms with Gasteiger partial charge in [-0.2, -0.15) is 0 Å². The Balaban J connectivity index is 1.77. The number of aliphatic hydroxyl groups excluding tert-OH is 1. The number of aliphatic hydroxyl groups is 1. The van der Waals surface area contributed by atoms with Gasteiger partial charge in [-0.1, -0.05) is 32.1 Å². The van der Waals surface area contributed by atoms with Gasteiger partial charge in [0, 0.05) is 32.2 Å². The molecule has 0 radical (unpaired) electrons. The van der Waals surface area contributed by atoms with Crippen molar-refractivity contribution in [1.82, 2.24) is 10.2 Å². The van der Waals surface area contributed by atoms with Crippen LogP contribution in [-0.4, -0.2) is 67.5 Å². The van der Waals surface area contributed by atoms with Gasteiger partial charge in [0.2, 0.25) is 5.91 Å². The predicted molar refractivity (Wildman–Crippen MR) is 90.1 cm³/mol. The Hall–Kier alpha value is -0.690. The van der Waals surface area contributed by atoms with Crippen molar-refractivity contribution >= 4 is 5.91 Å². The topological polar surface area (TPSA) is 87.8 Å². The van der Waals surface area contributed by atoms with Crippen LogP contribution < -0.4 is 11.1 Å². The minimum absolute atomic E-state index is 0.0355. The summed E-state index contributed by atoms with van der Waals surface area (Å²) in [6.45, 7) is 5.32. The van der Waals surface area contributed by atoms with Crippen molar-refractivity contribution in [2.24, 2.45) is 11.7 Å². The summed E-state index contributed by atoms with van der Waals surface area (Å²) < 4.78 is 5.36. The van der Waals surface area contributed by atoms with Crippen molar-refractivity contribution in [2.45, 2.75) is 57.1 Å². The third-order valence-corrected chi connectivity index (χ3v) is 5.13. The average Bonchev–Trinajstić information content (AvgIpc) is 2.55. The van der Waals surface area contributed by atoms with Gasteiger partial charge in [0.05, 0.1) is 25.7 Å². The first-order chi connectivity index (χ1) is 11.1. The van der Waals surface area contributed by atoms with Gasteiger partial charge in [-0.25, -0.2) is 0 Å². The maximum atomic E-state index is 11.1. The van der Waals surface area contributed by atoms with Gasteiger partial charge in [-0.3, -0.25) is 9.69 Å². The van der Waals surface area contributed by atoms with Crippen molar-refractivity contribution < 1.29 is 14.6 Å². The molecule has 2 aliphatic rings. The molecule has 0 aromatic heterocycles. The predicted octanol–water partition coefficient (Wildman–Crippen LogP) is 0.484. The highest BCUT2D eigenvalue weighted by atomic mass is 16.5. The molecule has 2 rings (SSSR count). The van der Waals surface area contributed by atoms with Crippen molar-refractivity contribution in [3.05, 3.63) is 0 Å². The molecular formula is C17H33N3O3. The number of nitrogens with two attached hydrogens (primary N) is 1. The van der Waals surface area contributed by atoms with E-state index in [9.17, 15) is 9.90 Å². The normalized spacial score (nSPS) is 23.5. The molecule has 23 heavy (non-hydrogen) atoms. The van der Waals surface area contributed by atoms with E-state index in [4.69, 9.17) is 10.5 Å². The number of morpholine rings is 1. The van der Waals surface area contributed by atoms with Gasteiger partial charge in [-0.05, 0) is 12.3 Å². The number of hydrogen-bond donors (Lipinski definition) is 3. The molecular weight excluding hydrogens is 294 g/mol.